The van der Waals surface area contributed by atoms with Gasteiger partial charge < -0.3 is 15.3 Å². The summed E-state index contributed by atoms with van der Waals surface area (Å²) in [6.45, 7) is 1.02. The number of piperidine rings is 1. The molecule has 1 heterocycles. The summed E-state index contributed by atoms with van der Waals surface area (Å²) < 4.78 is 39.3. The van der Waals surface area contributed by atoms with Gasteiger partial charge in [-0.3, -0.25) is 9.59 Å². The predicted octanol–water partition coefficient (Wildman–Crippen LogP) is 2.98. The zero-order valence-corrected chi connectivity index (χ0v) is 15.5. The van der Waals surface area contributed by atoms with Crippen LogP contribution in [0.15, 0.2) is 24.3 Å². The van der Waals surface area contributed by atoms with Crippen LogP contribution in [0.5, 0.6) is 0 Å². The standard InChI is InChI=1S/C20H25F3N2O3/c21-20(22,23)17-6-2-1-5-16(17)18(27)24-14-9-7-13(8-10-14)19(28)25-11-3-4-15(26)12-25/h1-2,5-6,13-15,26H,3-4,7-12H2,(H,24,27). The summed E-state index contributed by atoms with van der Waals surface area (Å²) in [5.74, 6) is -0.853. The molecule has 8 heteroatoms. The Morgan fingerprint density at radius 2 is 1.75 bits per heavy atom. The molecule has 2 fully saturated rings. The maximum Gasteiger partial charge on any atom is 0.417 e. The fraction of sp³-hybridized carbons (Fsp3) is 0.600. The third-order valence-corrected chi connectivity index (χ3v) is 5.60. The highest BCUT2D eigenvalue weighted by atomic mass is 19.4. The van der Waals surface area contributed by atoms with Gasteiger partial charge in [-0.1, -0.05) is 12.1 Å². The van der Waals surface area contributed by atoms with Crippen LogP contribution in [0.3, 0.4) is 0 Å². The lowest BCUT2D eigenvalue weighted by Gasteiger charge is -2.35. The zero-order valence-electron chi connectivity index (χ0n) is 15.5. The van der Waals surface area contributed by atoms with E-state index in [1.54, 1.807) is 4.90 Å². The van der Waals surface area contributed by atoms with Crippen LogP contribution in [0.1, 0.15) is 54.4 Å². The van der Waals surface area contributed by atoms with E-state index in [1.165, 1.54) is 18.2 Å². The molecule has 154 valence electrons. The van der Waals surface area contributed by atoms with Crippen LogP contribution in [-0.2, 0) is 11.0 Å². The molecule has 0 aromatic heterocycles. The van der Waals surface area contributed by atoms with Crippen molar-refractivity contribution in [3.05, 3.63) is 35.4 Å². The maximum absolute atomic E-state index is 13.1. The number of halogens is 3. The minimum absolute atomic E-state index is 0.0333. The summed E-state index contributed by atoms with van der Waals surface area (Å²) in [6, 6.07) is 4.50. The van der Waals surface area contributed by atoms with Crippen molar-refractivity contribution in [2.45, 2.75) is 56.8 Å². The van der Waals surface area contributed by atoms with Gasteiger partial charge in [0.15, 0.2) is 0 Å². The van der Waals surface area contributed by atoms with Gasteiger partial charge in [0.25, 0.3) is 5.91 Å². The molecular weight excluding hydrogens is 373 g/mol. The average molecular weight is 398 g/mol. The number of nitrogens with one attached hydrogen (secondary N) is 1. The number of aliphatic hydroxyl groups is 1. The molecule has 0 spiro atoms. The summed E-state index contributed by atoms with van der Waals surface area (Å²) in [4.78, 5) is 26.7. The molecule has 1 saturated heterocycles. The minimum atomic E-state index is -4.59. The summed E-state index contributed by atoms with van der Waals surface area (Å²) >= 11 is 0. The van der Waals surface area contributed by atoms with Crippen molar-refractivity contribution in [3.63, 3.8) is 0 Å². The Morgan fingerprint density at radius 3 is 2.39 bits per heavy atom. The van der Waals surface area contributed by atoms with Crippen LogP contribution in [0.25, 0.3) is 0 Å². The number of hydrogen-bond acceptors (Lipinski definition) is 3. The molecule has 0 bridgehead atoms. The Balaban J connectivity index is 1.55. The van der Waals surface area contributed by atoms with Crippen molar-refractivity contribution in [3.8, 4) is 0 Å². The number of amides is 2. The molecule has 0 radical (unpaired) electrons. The number of hydrogen-bond donors (Lipinski definition) is 2. The van der Waals surface area contributed by atoms with Gasteiger partial charge in [-0.05, 0) is 50.7 Å². The van der Waals surface area contributed by atoms with Gasteiger partial charge in [0.2, 0.25) is 5.91 Å². The molecule has 1 saturated carbocycles. The first-order valence-electron chi connectivity index (χ1n) is 9.69. The van der Waals surface area contributed by atoms with Crippen LogP contribution < -0.4 is 5.32 Å². The Morgan fingerprint density at radius 1 is 1.07 bits per heavy atom. The average Bonchev–Trinajstić information content (AvgIpc) is 2.67. The van der Waals surface area contributed by atoms with E-state index >= 15 is 0 Å². The first-order chi connectivity index (χ1) is 13.3. The SMILES string of the molecule is O=C(NC1CCC(C(=O)N2CCCC(O)C2)CC1)c1ccccc1C(F)(F)F. The van der Waals surface area contributed by atoms with Crippen molar-refractivity contribution in [1.29, 1.82) is 0 Å². The lowest BCUT2D eigenvalue weighted by atomic mass is 9.84. The van der Waals surface area contributed by atoms with Gasteiger partial charge in [-0.2, -0.15) is 13.2 Å². The van der Waals surface area contributed by atoms with E-state index in [-0.39, 0.29) is 23.4 Å². The molecule has 1 aromatic carbocycles. The Kier molecular flexibility index (Phi) is 6.27. The van der Waals surface area contributed by atoms with E-state index in [9.17, 15) is 27.9 Å². The highest BCUT2D eigenvalue weighted by Crippen LogP contribution is 2.32. The maximum atomic E-state index is 13.1. The van der Waals surface area contributed by atoms with Gasteiger partial charge in [-0.15, -0.1) is 0 Å². The molecule has 1 aliphatic heterocycles. The monoisotopic (exact) mass is 398 g/mol. The molecule has 1 aliphatic carbocycles. The molecule has 1 aromatic rings. The normalized spacial score (nSPS) is 26.0. The molecule has 5 nitrogen and oxygen atoms in total. The van der Waals surface area contributed by atoms with E-state index in [0.717, 1.165) is 12.5 Å². The smallest absolute Gasteiger partial charge is 0.391 e. The Bertz CT molecular complexity index is 715. The second-order valence-corrected chi connectivity index (χ2v) is 7.65. The summed E-state index contributed by atoms with van der Waals surface area (Å²) in [5, 5.41) is 12.4. The molecule has 2 N–H and O–H groups in total. The molecule has 1 atom stereocenters. The molecule has 2 amide bonds. The lowest BCUT2D eigenvalue weighted by Crippen LogP contribution is -2.47. The van der Waals surface area contributed by atoms with Crippen LogP contribution in [0.4, 0.5) is 13.2 Å². The third-order valence-electron chi connectivity index (χ3n) is 5.60. The van der Waals surface area contributed by atoms with Crippen molar-refractivity contribution in [1.82, 2.24) is 10.2 Å². The fourth-order valence-corrected chi connectivity index (χ4v) is 4.09. The number of rotatable bonds is 3. The van der Waals surface area contributed by atoms with E-state index in [4.69, 9.17) is 0 Å². The van der Waals surface area contributed by atoms with Crippen molar-refractivity contribution in [2.75, 3.05) is 13.1 Å². The van der Waals surface area contributed by atoms with Crippen LogP contribution in [0, 0.1) is 5.92 Å². The molecule has 1 unspecified atom stereocenters. The Labute approximate surface area is 161 Å². The number of carbonyl (C=O) groups is 2. The molecular formula is C20H25F3N2O3. The number of carbonyl (C=O) groups excluding carboxylic acids is 2. The van der Waals surface area contributed by atoms with Crippen molar-refractivity contribution in [2.24, 2.45) is 5.92 Å². The van der Waals surface area contributed by atoms with Gasteiger partial charge in [0, 0.05) is 25.0 Å². The topological polar surface area (TPSA) is 69.6 Å². The van der Waals surface area contributed by atoms with Crippen molar-refractivity contribution < 1.29 is 27.9 Å². The quantitative estimate of drug-likeness (QED) is 0.823. The number of β-amino-alcohol motifs (C(OH)–C–C–N with tert-alkyl or cyclic N) is 1. The van der Waals surface area contributed by atoms with Crippen LogP contribution in [0.2, 0.25) is 0 Å². The van der Waals surface area contributed by atoms with E-state index < -0.39 is 23.8 Å². The van der Waals surface area contributed by atoms with E-state index in [0.29, 0.717) is 45.2 Å². The third kappa shape index (κ3) is 4.84. The Hall–Kier alpha value is -2.09. The number of likely N-dealkylation sites (tertiary alicyclic amines) is 1. The number of aliphatic hydroxyl groups excluding tert-OH is 1. The molecule has 28 heavy (non-hydrogen) atoms. The van der Waals surface area contributed by atoms with Crippen LogP contribution in [-0.4, -0.2) is 47.1 Å². The second kappa shape index (κ2) is 8.51. The van der Waals surface area contributed by atoms with Gasteiger partial charge in [0.05, 0.1) is 17.2 Å². The largest absolute Gasteiger partial charge is 0.417 e. The van der Waals surface area contributed by atoms with Gasteiger partial charge in [-0.25, -0.2) is 0 Å². The number of benzene rings is 1. The highest BCUT2D eigenvalue weighted by Gasteiger charge is 2.36. The van der Waals surface area contributed by atoms with Crippen LogP contribution >= 0.6 is 0 Å². The first-order valence-corrected chi connectivity index (χ1v) is 9.69. The first kappa shape index (κ1) is 20.6. The van der Waals surface area contributed by atoms with Gasteiger partial charge >= 0.3 is 6.18 Å². The fourth-order valence-electron chi connectivity index (χ4n) is 4.09. The molecule has 3 rings (SSSR count). The number of alkyl halides is 3. The van der Waals surface area contributed by atoms with E-state index in [2.05, 4.69) is 5.32 Å². The van der Waals surface area contributed by atoms with E-state index in [1.807, 2.05) is 0 Å². The minimum Gasteiger partial charge on any atom is -0.391 e. The summed E-state index contributed by atoms with van der Waals surface area (Å²) in [6.07, 6.45) is -1.30. The summed E-state index contributed by atoms with van der Waals surface area (Å²) in [5.41, 5.74) is -1.32. The number of nitrogens with zero attached hydrogens (tertiary/aromatic N) is 1. The highest BCUT2D eigenvalue weighted by molar-refractivity contribution is 5.96. The zero-order chi connectivity index (χ0) is 20.3. The van der Waals surface area contributed by atoms with Gasteiger partial charge in [0.1, 0.15) is 0 Å². The molecule has 2 aliphatic rings. The lowest BCUT2D eigenvalue weighted by molar-refractivity contribution is -0.140. The predicted molar refractivity (Wildman–Crippen MR) is 96.5 cm³/mol. The second-order valence-electron chi connectivity index (χ2n) is 7.65. The summed E-state index contributed by atoms with van der Waals surface area (Å²) in [7, 11) is 0. The van der Waals surface area contributed by atoms with Crippen molar-refractivity contribution >= 4 is 11.8 Å².